The second-order valence-corrected chi connectivity index (χ2v) is 4.76. The van der Waals surface area contributed by atoms with Gasteiger partial charge in [0.1, 0.15) is 5.75 Å². The third-order valence-corrected chi connectivity index (χ3v) is 3.20. The summed E-state index contributed by atoms with van der Waals surface area (Å²) in [5, 5.41) is 3.34. The molecule has 0 saturated heterocycles. The first-order chi connectivity index (χ1) is 9.76. The van der Waals surface area contributed by atoms with Gasteiger partial charge in [-0.1, -0.05) is 6.92 Å². The van der Waals surface area contributed by atoms with Crippen molar-refractivity contribution in [1.29, 1.82) is 0 Å². The Morgan fingerprint density at radius 1 is 1.25 bits per heavy atom. The topological polar surface area (TPSA) is 47.0 Å². The maximum Gasteiger partial charge on any atom is 0.137 e. The van der Waals surface area contributed by atoms with Crippen molar-refractivity contribution in [2.24, 2.45) is 0 Å². The number of rotatable bonds is 6. The molecule has 0 bridgehead atoms. The Kier molecular flexibility index (Phi) is 5.07. The SMILES string of the molecule is CCCOc1cncc(C(NC)c2ccncc2C)c1. The van der Waals surface area contributed by atoms with Gasteiger partial charge in [0.2, 0.25) is 0 Å². The van der Waals surface area contributed by atoms with E-state index >= 15 is 0 Å². The highest BCUT2D eigenvalue weighted by Gasteiger charge is 2.15. The molecule has 106 valence electrons. The van der Waals surface area contributed by atoms with Crippen LogP contribution in [-0.4, -0.2) is 23.6 Å². The molecule has 0 amide bonds. The normalized spacial score (nSPS) is 12.2. The summed E-state index contributed by atoms with van der Waals surface area (Å²) in [5.74, 6) is 0.816. The minimum Gasteiger partial charge on any atom is -0.492 e. The second kappa shape index (κ2) is 7.01. The van der Waals surface area contributed by atoms with E-state index in [1.807, 2.05) is 37.8 Å². The molecule has 0 saturated carbocycles. The summed E-state index contributed by atoms with van der Waals surface area (Å²) in [5.41, 5.74) is 3.46. The van der Waals surface area contributed by atoms with Crippen LogP contribution in [0.15, 0.2) is 36.9 Å². The lowest BCUT2D eigenvalue weighted by Gasteiger charge is -2.19. The number of nitrogens with zero attached hydrogens (tertiary/aromatic N) is 2. The molecule has 0 radical (unpaired) electrons. The third kappa shape index (κ3) is 3.33. The van der Waals surface area contributed by atoms with Crippen LogP contribution in [-0.2, 0) is 0 Å². The van der Waals surface area contributed by atoms with Gasteiger partial charge in [0.25, 0.3) is 0 Å². The van der Waals surface area contributed by atoms with Crippen molar-refractivity contribution in [2.75, 3.05) is 13.7 Å². The van der Waals surface area contributed by atoms with E-state index in [2.05, 4.69) is 29.1 Å². The molecule has 0 aliphatic rings. The Balaban J connectivity index is 2.30. The van der Waals surface area contributed by atoms with E-state index < -0.39 is 0 Å². The van der Waals surface area contributed by atoms with E-state index in [9.17, 15) is 0 Å². The molecule has 0 aromatic carbocycles. The van der Waals surface area contributed by atoms with E-state index in [-0.39, 0.29) is 6.04 Å². The number of hydrogen-bond acceptors (Lipinski definition) is 4. The third-order valence-electron chi connectivity index (χ3n) is 3.20. The van der Waals surface area contributed by atoms with Gasteiger partial charge in [-0.2, -0.15) is 0 Å². The first-order valence-corrected chi connectivity index (χ1v) is 6.91. The molecule has 2 rings (SSSR count). The van der Waals surface area contributed by atoms with Crippen molar-refractivity contribution in [1.82, 2.24) is 15.3 Å². The molecule has 0 spiro atoms. The van der Waals surface area contributed by atoms with Gasteiger partial charge in [-0.15, -0.1) is 0 Å². The molecule has 1 unspecified atom stereocenters. The Labute approximate surface area is 120 Å². The van der Waals surface area contributed by atoms with E-state index in [0.717, 1.165) is 23.3 Å². The predicted molar refractivity (Wildman–Crippen MR) is 79.9 cm³/mol. The number of aromatic nitrogens is 2. The first kappa shape index (κ1) is 14.5. The van der Waals surface area contributed by atoms with E-state index in [4.69, 9.17) is 4.74 Å². The highest BCUT2D eigenvalue weighted by molar-refractivity contribution is 5.36. The Morgan fingerprint density at radius 2 is 2.10 bits per heavy atom. The highest BCUT2D eigenvalue weighted by atomic mass is 16.5. The molecular weight excluding hydrogens is 250 g/mol. The van der Waals surface area contributed by atoms with Crippen molar-refractivity contribution in [3.05, 3.63) is 53.6 Å². The Morgan fingerprint density at radius 3 is 2.80 bits per heavy atom. The molecule has 20 heavy (non-hydrogen) atoms. The van der Waals surface area contributed by atoms with Crippen LogP contribution in [0.1, 0.15) is 36.1 Å². The molecule has 1 atom stereocenters. The maximum absolute atomic E-state index is 5.65. The molecule has 0 aliphatic carbocycles. The number of hydrogen-bond donors (Lipinski definition) is 1. The van der Waals surface area contributed by atoms with Gasteiger partial charge in [-0.05, 0) is 49.2 Å². The van der Waals surface area contributed by atoms with Crippen LogP contribution in [0.3, 0.4) is 0 Å². The minimum atomic E-state index is 0.0932. The summed E-state index contributed by atoms with van der Waals surface area (Å²) in [6, 6.07) is 4.18. The van der Waals surface area contributed by atoms with E-state index in [0.29, 0.717) is 6.61 Å². The lowest BCUT2D eigenvalue weighted by Crippen LogP contribution is -2.19. The molecule has 4 nitrogen and oxygen atoms in total. The summed E-state index contributed by atoms with van der Waals surface area (Å²) in [6.45, 7) is 4.87. The molecule has 2 heterocycles. The van der Waals surface area contributed by atoms with Gasteiger partial charge in [0.15, 0.2) is 0 Å². The van der Waals surface area contributed by atoms with Crippen molar-refractivity contribution < 1.29 is 4.74 Å². The molecule has 2 aromatic heterocycles. The van der Waals surface area contributed by atoms with Gasteiger partial charge < -0.3 is 10.1 Å². The van der Waals surface area contributed by atoms with Crippen molar-refractivity contribution >= 4 is 0 Å². The quantitative estimate of drug-likeness (QED) is 0.877. The van der Waals surface area contributed by atoms with Crippen LogP contribution < -0.4 is 10.1 Å². The Bertz CT molecular complexity index is 557. The molecule has 2 aromatic rings. The average Bonchev–Trinajstić information content (AvgIpc) is 2.48. The summed E-state index contributed by atoms with van der Waals surface area (Å²) in [4.78, 5) is 8.43. The molecule has 0 fully saturated rings. The number of aryl methyl sites for hydroxylation is 1. The number of nitrogens with one attached hydrogen (secondary N) is 1. The largest absolute Gasteiger partial charge is 0.492 e. The highest BCUT2D eigenvalue weighted by Crippen LogP contribution is 2.25. The number of ether oxygens (including phenoxy) is 1. The summed E-state index contributed by atoms with van der Waals surface area (Å²) in [7, 11) is 1.95. The lowest BCUT2D eigenvalue weighted by atomic mass is 9.98. The average molecular weight is 271 g/mol. The van der Waals surface area contributed by atoms with Gasteiger partial charge in [-0.3, -0.25) is 9.97 Å². The van der Waals surface area contributed by atoms with Crippen LogP contribution >= 0.6 is 0 Å². The van der Waals surface area contributed by atoms with E-state index in [1.54, 1.807) is 6.20 Å². The van der Waals surface area contributed by atoms with Crippen LogP contribution in [0.4, 0.5) is 0 Å². The van der Waals surface area contributed by atoms with Crippen LogP contribution in [0.5, 0.6) is 5.75 Å². The summed E-state index contributed by atoms with van der Waals surface area (Å²) in [6.07, 6.45) is 8.32. The minimum absolute atomic E-state index is 0.0932. The fourth-order valence-electron chi connectivity index (χ4n) is 2.20. The monoisotopic (exact) mass is 271 g/mol. The van der Waals surface area contributed by atoms with Crippen LogP contribution in [0.25, 0.3) is 0 Å². The van der Waals surface area contributed by atoms with Crippen molar-refractivity contribution in [3.8, 4) is 5.75 Å². The van der Waals surface area contributed by atoms with Gasteiger partial charge in [0, 0.05) is 18.6 Å². The first-order valence-electron chi connectivity index (χ1n) is 6.91. The van der Waals surface area contributed by atoms with Crippen molar-refractivity contribution in [3.63, 3.8) is 0 Å². The second-order valence-electron chi connectivity index (χ2n) is 4.76. The zero-order chi connectivity index (χ0) is 14.4. The fraction of sp³-hybridized carbons (Fsp3) is 0.375. The molecular formula is C16H21N3O. The van der Waals surface area contributed by atoms with Gasteiger partial charge in [-0.25, -0.2) is 0 Å². The maximum atomic E-state index is 5.65. The Hall–Kier alpha value is -1.94. The standard InChI is InChI=1S/C16H21N3O/c1-4-7-20-14-8-13(10-19-11-14)16(17-3)15-5-6-18-9-12(15)2/h5-6,8-11,16-17H,4,7H2,1-3H3. The molecule has 1 N–H and O–H groups in total. The van der Waals surface area contributed by atoms with Crippen LogP contribution in [0.2, 0.25) is 0 Å². The zero-order valence-electron chi connectivity index (χ0n) is 12.3. The fourth-order valence-corrected chi connectivity index (χ4v) is 2.20. The smallest absolute Gasteiger partial charge is 0.137 e. The number of pyridine rings is 2. The van der Waals surface area contributed by atoms with Crippen LogP contribution in [0, 0.1) is 6.92 Å². The lowest BCUT2D eigenvalue weighted by molar-refractivity contribution is 0.315. The van der Waals surface area contributed by atoms with Crippen molar-refractivity contribution in [2.45, 2.75) is 26.3 Å². The van der Waals surface area contributed by atoms with Gasteiger partial charge in [0.05, 0.1) is 18.8 Å². The molecule has 4 heteroatoms. The van der Waals surface area contributed by atoms with E-state index in [1.165, 1.54) is 5.56 Å². The predicted octanol–water partition coefficient (Wildman–Crippen LogP) is 2.88. The summed E-state index contributed by atoms with van der Waals surface area (Å²) >= 11 is 0. The summed E-state index contributed by atoms with van der Waals surface area (Å²) < 4.78 is 5.65. The zero-order valence-corrected chi connectivity index (χ0v) is 12.3. The molecule has 0 aliphatic heterocycles. The van der Waals surface area contributed by atoms with Gasteiger partial charge >= 0.3 is 0 Å².